The summed E-state index contributed by atoms with van der Waals surface area (Å²) in [5.41, 5.74) is 4.24. The fraction of sp³-hybridized carbons (Fsp3) is 0.250. The number of fused-ring (bicyclic) bond motifs is 1. The third-order valence-corrected chi connectivity index (χ3v) is 3.58. The van der Waals surface area contributed by atoms with E-state index >= 15 is 0 Å². The number of benzene rings is 1. The fourth-order valence-electron chi connectivity index (χ4n) is 2.61. The van der Waals surface area contributed by atoms with E-state index < -0.39 is 0 Å². The van der Waals surface area contributed by atoms with E-state index in [0.717, 1.165) is 22.7 Å². The highest BCUT2D eigenvalue weighted by Crippen LogP contribution is 2.28. The molecule has 3 aromatic rings. The minimum atomic E-state index is -0.0341. The molecule has 0 saturated carbocycles. The molecule has 1 N–H and O–H groups in total. The van der Waals surface area contributed by atoms with Gasteiger partial charge in [0, 0.05) is 11.7 Å². The predicted molar refractivity (Wildman–Crippen MR) is 98.6 cm³/mol. The quantitative estimate of drug-likeness (QED) is 0.729. The Morgan fingerprint density at radius 3 is 2.43 bits per heavy atom. The number of nitrogens with one attached hydrogen (secondary N) is 1. The minimum absolute atomic E-state index is 0.0341. The second-order valence-corrected chi connectivity index (χ2v) is 6.85. The van der Waals surface area contributed by atoms with Crippen molar-refractivity contribution in [1.82, 2.24) is 9.38 Å². The smallest absolute Gasteiger partial charge is 0.139 e. The van der Waals surface area contributed by atoms with E-state index in [1.54, 1.807) is 0 Å². The van der Waals surface area contributed by atoms with Crippen molar-refractivity contribution in [2.75, 3.05) is 5.32 Å². The van der Waals surface area contributed by atoms with Crippen molar-refractivity contribution in [3.05, 3.63) is 66.0 Å². The van der Waals surface area contributed by atoms with Gasteiger partial charge in [-0.15, -0.1) is 0 Å². The second kappa shape index (κ2) is 5.92. The maximum Gasteiger partial charge on any atom is 0.139 e. The number of imidazole rings is 1. The predicted octanol–water partition coefficient (Wildman–Crippen LogP) is 5.11. The Labute approximate surface area is 137 Å². The third-order valence-electron chi connectivity index (χ3n) is 3.58. The van der Waals surface area contributed by atoms with Crippen molar-refractivity contribution in [3.63, 3.8) is 0 Å². The molecular formula is C20H23N3. The van der Waals surface area contributed by atoms with Gasteiger partial charge in [0.25, 0.3) is 0 Å². The molecule has 118 valence electrons. The van der Waals surface area contributed by atoms with Gasteiger partial charge >= 0.3 is 0 Å². The summed E-state index contributed by atoms with van der Waals surface area (Å²) in [7, 11) is 0. The van der Waals surface area contributed by atoms with Gasteiger partial charge in [0.1, 0.15) is 17.2 Å². The van der Waals surface area contributed by atoms with Crippen LogP contribution in [-0.4, -0.2) is 14.9 Å². The van der Waals surface area contributed by atoms with Crippen LogP contribution in [0, 0.1) is 0 Å². The molecule has 3 rings (SSSR count). The van der Waals surface area contributed by atoms with Crippen molar-refractivity contribution in [2.24, 2.45) is 0 Å². The summed E-state index contributed by atoms with van der Waals surface area (Å²) >= 11 is 0. The summed E-state index contributed by atoms with van der Waals surface area (Å²) in [6.45, 7) is 8.60. The first-order valence-corrected chi connectivity index (χ1v) is 7.93. The lowest BCUT2D eigenvalue weighted by Crippen LogP contribution is -2.27. The Morgan fingerprint density at radius 1 is 1.04 bits per heavy atom. The fourth-order valence-corrected chi connectivity index (χ4v) is 2.61. The van der Waals surface area contributed by atoms with E-state index in [9.17, 15) is 0 Å². The van der Waals surface area contributed by atoms with E-state index in [0.29, 0.717) is 0 Å². The first-order valence-electron chi connectivity index (χ1n) is 7.93. The van der Waals surface area contributed by atoms with E-state index in [-0.39, 0.29) is 5.54 Å². The van der Waals surface area contributed by atoms with E-state index in [1.165, 1.54) is 5.56 Å². The molecule has 0 radical (unpaired) electrons. The number of aromatic nitrogens is 2. The normalized spacial score (nSPS) is 12.6. The topological polar surface area (TPSA) is 29.3 Å². The molecule has 0 fully saturated rings. The van der Waals surface area contributed by atoms with E-state index in [4.69, 9.17) is 4.98 Å². The molecule has 23 heavy (non-hydrogen) atoms. The number of anilines is 1. The number of hydrogen-bond acceptors (Lipinski definition) is 2. The molecular weight excluding hydrogens is 282 g/mol. The summed E-state index contributed by atoms with van der Waals surface area (Å²) in [6.07, 6.45) is 4.23. The summed E-state index contributed by atoms with van der Waals surface area (Å²) in [5, 5.41) is 3.60. The van der Waals surface area contributed by atoms with Crippen LogP contribution < -0.4 is 5.32 Å². The molecule has 3 heteroatoms. The van der Waals surface area contributed by atoms with Crippen molar-refractivity contribution in [3.8, 4) is 0 Å². The molecule has 1 aromatic carbocycles. The van der Waals surface area contributed by atoms with Gasteiger partial charge in [0.05, 0.1) is 0 Å². The van der Waals surface area contributed by atoms with Gasteiger partial charge in [-0.1, -0.05) is 36.4 Å². The van der Waals surface area contributed by atoms with Crippen LogP contribution in [0.5, 0.6) is 0 Å². The first kappa shape index (κ1) is 15.3. The first-order chi connectivity index (χ1) is 10.9. The highest BCUT2D eigenvalue weighted by atomic mass is 15.2. The lowest BCUT2D eigenvalue weighted by Gasteiger charge is -2.22. The van der Waals surface area contributed by atoms with Crippen molar-refractivity contribution in [1.29, 1.82) is 0 Å². The van der Waals surface area contributed by atoms with Crippen molar-refractivity contribution >= 4 is 23.1 Å². The number of hydrogen-bond donors (Lipinski definition) is 1. The average molecular weight is 305 g/mol. The van der Waals surface area contributed by atoms with Gasteiger partial charge in [0.2, 0.25) is 0 Å². The van der Waals surface area contributed by atoms with E-state index in [2.05, 4.69) is 74.0 Å². The molecule has 2 aromatic heterocycles. The summed E-state index contributed by atoms with van der Waals surface area (Å²) in [5.74, 6) is 1.04. The molecule has 0 saturated heterocycles. The third kappa shape index (κ3) is 3.45. The van der Waals surface area contributed by atoms with Gasteiger partial charge in [-0.05, 0) is 57.0 Å². The molecule has 0 aliphatic rings. The van der Waals surface area contributed by atoms with Crippen molar-refractivity contribution in [2.45, 2.75) is 33.2 Å². The maximum absolute atomic E-state index is 4.83. The van der Waals surface area contributed by atoms with Gasteiger partial charge in [-0.3, -0.25) is 4.40 Å². The SMILES string of the molecule is C/C(=C\c1ccccc1)c1nc2ccccn2c1NC(C)(C)C. The highest BCUT2D eigenvalue weighted by molar-refractivity contribution is 5.84. The van der Waals surface area contributed by atoms with Crippen LogP contribution in [0.25, 0.3) is 17.3 Å². The van der Waals surface area contributed by atoms with Crippen molar-refractivity contribution < 1.29 is 0 Å². The molecule has 0 amide bonds. The molecule has 2 heterocycles. The summed E-state index contributed by atoms with van der Waals surface area (Å²) in [6, 6.07) is 16.4. The van der Waals surface area contributed by atoms with Crippen LogP contribution in [0.4, 0.5) is 5.82 Å². The second-order valence-electron chi connectivity index (χ2n) is 6.85. The lowest BCUT2D eigenvalue weighted by atomic mass is 10.1. The Kier molecular flexibility index (Phi) is 3.95. The standard InChI is InChI=1S/C20H23N3/c1-15(14-16-10-6-5-7-11-16)18-19(22-20(2,3)4)23-13-9-8-12-17(23)21-18/h5-14,22H,1-4H3/b15-14+. The average Bonchev–Trinajstić information content (AvgIpc) is 2.85. The Bertz CT molecular complexity index is 836. The molecule has 0 spiro atoms. The van der Waals surface area contributed by atoms with Crippen LogP contribution in [0.2, 0.25) is 0 Å². The monoisotopic (exact) mass is 305 g/mol. The summed E-state index contributed by atoms with van der Waals surface area (Å²) in [4.78, 5) is 4.83. The zero-order chi connectivity index (χ0) is 16.4. The van der Waals surface area contributed by atoms with Crippen LogP contribution in [0.15, 0.2) is 54.7 Å². The Hall–Kier alpha value is -2.55. The number of allylic oxidation sites excluding steroid dienone is 1. The largest absolute Gasteiger partial charge is 0.365 e. The molecule has 0 unspecified atom stereocenters. The van der Waals surface area contributed by atoms with Crippen LogP contribution in [0.1, 0.15) is 39.0 Å². The maximum atomic E-state index is 4.83. The molecule has 3 nitrogen and oxygen atoms in total. The molecule has 0 aliphatic carbocycles. The number of rotatable bonds is 3. The van der Waals surface area contributed by atoms with E-state index in [1.807, 2.05) is 24.3 Å². The van der Waals surface area contributed by atoms with Gasteiger partial charge in [-0.25, -0.2) is 4.98 Å². The zero-order valence-electron chi connectivity index (χ0n) is 14.2. The lowest BCUT2D eigenvalue weighted by molar-refractivity contribution is 0.629. The Balaban J connectivity index is 2.12. The van der Waals surface area contributed by atoms with Gasteiger partial charge < -0.3 is 5.32 Å². The number of pyridine rings is 1. The van der Waals surface area contributed by atoms with Crippen LogP contribution in [-0.2, 0) is 0 Å². The zero-order valence-corrected chi connectivity index (χ0v) is 14.2. The number of nitrogens with zero attached hydrogens (tertiary/aromatic N) is 2. The molecule has 0 atom stereocenters. The minimum Gasteiger partial charge on any atom is -0.365 e. The van der Waals surface area contributed by atoms with Gasteiger partial charge in [0.15, 0.2) is 0 Å². The van der Waals surface area contributed by atoms with Crippen LogP contribution >= 0.6 is 0 Å². The molecule has 0 bridgehead atoms. The van der Waals surface area contributed by atoms with Gasteiger partial charge in [-0.2, -0.15) is 0 Å². The highest BCUT2D eigenvalue weighted by Gasteiger charge is 2.18. The molecule has 0 aliphatic heterocycles. The Morgan fingerprint density at radius 2 is 1.74 bits per heavy atom. The van der Waals surface area contributed by atoms with Crippen LogP contribution in [0.3, 0.4) is 0 Å². The summed E-state index contributed by atoms with van der Waals surface area (Å²) < 4.78 is 2.11.